The number of unbranched alkanes of at least 4 members (excludes halogenated alkanes) is 6. The van der Waals surface area contributed by atoms with Crippen molar-refractivity contribution >= 4 is 0 Å². The summed E-state index contributed by atoms with van der Waals surface area (Å²) < 4.78 is 0. The number of hydrogen-bond donors (Lipinski definition) is 1. The average Bonchev–Trinajstić information content (AvgIpc) is 2.30. The fraction of sp³-hybridized carbons (Fsp3) is 0.600. The van der Waals surface area contributed by atoms with E-state index in [-0.39, 0.29) is 35.0 Å². The molecule has 18 heavy (non-hydrogen) atoms. The van der Waals surface area contributed by atoms with Crippen molar-refractivity contribution in [3.8, 4) is 5.75 Å². The van der Waals surface area contributed by atoms with Crippen molar-refractivity contribution < 1.29 is 40.1 Å². The Bertz CT molecular complexity index is 290. The van der Waals surface area contributed by atoms with Crippen LogP contribution in [0.5, 0.6) is 5.75 Å². The number of rotatable bonds is 8. The molecule has 1 rings (SSSR count). The van der Waals surface area contributed by atoms with Crippen LogP contribution in [0.4, 0.5) is 0 Å². The molecule has 2 nitrogen and oxygen atoms in total. The molecule has 0 aromatic heterocycles. The number of aryl methyl sites for hydroxylation is 1. The molecule has 0 saturated carbocycles. The Morgan fingerprint density at radius 1 is 0.889 bits per heavy atom. The third-order valence-electron chi connectivity index (χ3n) is 3.04. The molecule has 1 aromatic carbocycles. The van der Waals surface area contributed by atoms with Crippen LogP contribution >= 0.6 is 0 Å². The second-order valence-electron chi connectivity index (χ2n) is 4.50. The van der Waals surface area contributed by atoms with Crippen LogP contribution in [-0.4, -0.2) is 10.6 Å². The maximum absolute atomic E-state index is 9.58. The zero-order valence-electron chi connectivity index (χ0n) is 11.9. The van der Waals surface area contributed by atoms with Crippen molar-refractivity contribution in [2.75, 3.05) is 0 Å². The SMILES string of the molecule is CCCCCCCCCc1ccccc1O.[Na+].[OH-]. The van der Waals surface area contributed by atoms with Gasteiger partial charge in [0, 0.05) is 0 Å². The van der Waals surface area contributed by atoms with E-state index < -0.39 is 0 Å². The quantitative estimate of drug-likeness (QED) is 0.569. The van der Waals surface area contributed by atoms with Gasteiger partial charge in [0.25, 0.3) is 0 Å². The summed E-state index contributed by atoms with van der Waals surface area (Å²) in [5, 5.41) is 9.58. The van der Waals surface area contributed by atoms with Crippen molar-refractivity contribution in [3.63, 3.8) is 0 Å². The van der Waals surface area contributed by atoms with Gasteiger partial charge in [0.2, 0.25) is 0 Å². The molecule has 1 aromatic rings. The summed E-state index contributed by atoms with van der Waals surface area (Å²) in [5.41, 5.74) is 1.09. The van der Waals surface area contributed by atoms with Crippen LogP contribution in [0, 0.1) is 0 Å². The van der Waals surface area contributed by atoms with Gasteiger partial charge in [-0.2, -0.15) is 0 Å². The minimum atomic E-state index is 0. The van der Waals surface area contributed by atoms with Crippen molar-refractivity contribution in [2.45, 2.75) is 58.3 Å². The molecule has 0 aliphatic carbocycles. The van der Waals surface area contributed by atoms with E-state index >= 15 is 0 Å². The molecule has 3 heteroatoms. The summed E-state index contributed by atoms with van der Waals surface area (Å²) in [7, 11) is 0. The summed E-state index contributed by atoms with van der Waals surface area (Å²) >= 11 is 0. The molecule has 0 saturated heterocycles. The fourth-order valence-corrected chi connectivity index (χ4v) is 1.99. The van der Waals surface area contributed by atoms with E-state index in [2.05, 4.69) is 6.92 Å². The molecule has 0 bridgehead atoms. The number of para-hydroxylation sites is 1. The number of benzene rings is 1. The molecule has 0 radical (unpaired) electrons. The van der Waals surface area contributed by atoms with Crippen molar-refractivity contribution in [3.05, 3.63) is 29.8 Å². The Kier molecular flexibility index (Phi) is 15.1. The van der Waals surface area contributed by atoms with Crippen LogP contribution in [0.1, 0.15) is 57.4 Å². The fourth-order valence-electron chi connectivity index (χ4n) is 1.99. The van der Waals surface area contributed by atoms with Gasteiger partial charge in [0.1, 0.15) is 5.75 Å². The third kappa shape index (κ3) is 8.98. The van der Waals surface area contributed by atoms with Gasteiger partial charge in [-0.05, 0) is 24.5 Å². The Balaban J connectivity index is 0. The van der Waals surface area contributed by atoms with Gasteiger partial charge in [-0.25, -0.2) is 0 Å². The van der Waals surface area contributed by atoms with Crippen LogP contribution < -0.4 is 29.6 Å². The molecule has 0 amide bonds. The van der Waals surface area contributed by atoms with Gasteiger partial charge in [0.05, 0.1) is 0 Å². The number of phenols is 1. The standard InChI is InChI=1S/C15H24O.Na.H2O/c1-2-3-4-5-6-7-8-11-14-12-9-10-13-15(14)16;;/h9-10,12-13,16H,2-8,11H2,1H3;;1H2/q;+1;/p-1. The molecular weight excluding hydrogens is 235 g/mol. The predicted molar refractivity (Wildman–Crippen MR) is 71.7 cm³/mol. The molecule has 0 aliphatic rings. The Morgan fingerprint density at radius 3 is 2.06 bits per heavy atom. The summed E-state index contributed by atoms with van der Waals surface area (Å²) in [4.78, 5) is 0. The van der Waals surface area contributed by atoms with E-state index in [1.165, 1.54) is 44.9 Å². The Labute approximate surface area is 133 Å². The topological polar surface area (TPSA) is 50.2 Å². The summed E-state index contributed by atoms with van der Waals surface area (Å²) in [6.07, 6.45) is 10.3. The van der Waals surface area contributed by atoms with Gasteiger partial charge >= 0.3 is 29.6 Å². The first-order valence-corrected chi connectivity index (χ1v) is 6.61. The summed E-state index contributed by atoms with van der Waals surface area (Å²) in [6.45, 7) is 2.25. The number of aromatic hydroxyl groups is 1. The van der Waals surface area contributed by atoms with Crippen LogP contribution in [0.2, 0.25) is 0 Å². The summed E-state index contributed by atoms with van der Waals surface area (Å²) in [6, 6.07) is 7.67. The molecule has 0 aliphatic heterocycles. The minimum Gasteiger partial charge on any atom is -0.870 e. The van der Waals surface area contributed by atoms with Gasteiger partial charge in [-0.1, -0.05) is 63.6 Å². The molecule has 0 unspecified atom stereocenters. The molecule has 98 valence electrons. The average molecular weight is 260 g/mol. The monoisotopic (exact) mass is 260 g/mol. The number of hydrogen-bond acceptors (Lipinski definition) is 2. The first kappa shape index (κ1) is 20.3. The van der Waals surface area contributed by atoms with Crippen LogP contribution in [-0.2, 0) is 6.42 Å². The normalized spacial score (nSPS) is 9.39. The first-order valence-electron chi connectivity index (χ1n) is 6.61. The van der Waals surface area contributed by atoms with E-state index in [0.29, 0.717) is 5.75 Å². The van der Waals surface area contributed by atoms with E-state index in [1.54, 1.807) is 6.07 Å². The second-order valence-corrected chi connectivity index (χ2v) is 4.50. The van der Waals surface area contributed by atoms with Gasteiger partial charge in [-0.15, -0.1) is 0 Å². The smallest absolute Gasteiger partial charge is 0.870 e. The zero-order valence-corrected chi connectivity index (χ0v) is 13.9. The third-order valence-corrected chi connectivity index (χ3v) is 3.04. The Hall–Kier alpha value is -0.0200. The minimum absolute atomic E-state index is 0. The largest absolute Gasteiger partial charge is 1.00 e. The molecule has 2 N–H and O–H groups in total. The van der Waals surface area contributed by atoms with Crippen LogP contribution in [0.3, 0.4) is 0 Å². The Morgan fingerprint density at radius 2 is 1.44 bits per heavy atom. The first-order chi connectivity index (χ1) is 7.84. The van der Waals surface area contributed by atoms with E-state index in [9.17, 15) is 5.11 Å². The predicted octanol–water partition coefficient (Wildman–Crippen LogP) is 1.51. The maximum Gasteiger partial charge on any atom is 1.00 e. The van der Waals surface area contributed by atoms with Crippen molar-refractivity contribution in [2.24, 2.45) is 0 Å². The van der Waals surface area contributed by atoms with Gasteiger partial charge < -0.3 is 10.6 Å². The zero-order chi connectivity index (χ0) is 11.6. The van der Waals surface area contributed by atoms with Gasteiger partial charge in [-0.3, -0.25) is 0 Å². The van der Waals surface area contributed by atoms with Crippen LogP contribution in [0.15, 0.2) is 24.3 Å². The van der Waals surface area contributed by atoms with E-state index in [1.807, 2.05) is 18.2 Å². The molecule has 0 atom stereocenters. The van der Waals surface area contributed by atoms with Crippen LogP contribution in [0.25, 0.3) is 0 Å². The van der Waals surface area contributed by atoms with E-state index in [0.717, 1.165) is 12.0 Å². The number of phenolic OH excluding ortho intramolecular Hbond substituents is 1. The molecular formula is C15H25NaO2. The molecule has 0 spiro atoms. The van der Waals surface area contributed by atoms with Gasteiger partial charge in [0.15, 0.2) is 0 Å². The van der Waals surface area contributed by atoms with Crippen molar-refractivity contribution in [1.82, 2.24) is 0 Å². The van der Waals surface area contributed by atoms with Crippen molar-refractivity contribution in [1.29, 1.82) is 0 Å². The summed E-state index contributed by atoms with van der Waals surface area (Å²) in [5.74, 6) is 0.452. The van der Waals surface area contributed by atoms with E-state index in [4.69, 9.17) is 0 Å². The molecule has 0 fully saturated rings. The second kappa shape index (κ2) is 13.4. The maximum atomic E-state index is 9.58. The molecule has 0 heterocycles.